The van der Waals surface area contributed by atoms with Gasteiger partial charge in [-0.3, -0.25) is 4.98 Å². The second-order valence-corrected chi connectivity index (χ2v) is 3.75. The zero-order valence-electron chi connectivity index (χ0n) is 6.88. The first kappa shape index (κ1) is 10.7. The third kappa shape index (κ3) is 2.51. The molecular formula is C8H7Br2NO2. The van der Waals surface area contributed by atoms with Crippen molar-refractivity contribution in [3.63, 3.8) is 0 Å². The maximum absolute atomic E-state index is 11.2. The van der Waals surface area contributed by atoms with E-state index in [0.29, 0.717) is 16.6 Å². The number of rotatable bonds is 2. The molecule has 1 rings (SSSR count). The minimum atomic E-state index is -0.372. The van der Waals surface area contributed by atoms with Gasteiger partial charge in [-0.05, 0) is 22.0 Å². The minimum Gasteiger partial charge on any atom is -0.465 e. The summed E-state index contributed by atoms with van der Waals surface area (Å²) in [6.45, 7) is 0. The molecule has 0 aromatic carbocycles. The maximum Gasteiger partial charge on any atom is 0.339 e. The van der Waals surface area contributed by atoms with Crippen molar-refractivity contribution >= 4 is 37.8 Å². The number of hydrogen-bond donors (Lipinski definition) is 0. The summed E-state index contributed by atoms with van der Waals surface area (Å²) in [4.78, 5) is 15.3. The average Bonchev–Trinajstić information content (AvgIpc) is 2.16. The van der Waals surface area contributed by atoms with Crippen molar-refractivity contribution < 1.29 is 9.53 Å². The number of alkyl halides is 1. The van der Waals surface area contributed by atoms with Gasteiger partial charge in [-0.25, -0.2) is 4.79 Å². The van der Waals surface area contributed by atoms with E-state index < -0.39 is 0 Å². The number of carbonyl (C=O) groups is 1. The van der Waals surface area contributed by atoms with E-state index in [0.717, 1.165) is 4.47 Å². The predicted molar refractivity (Wildman–Crippen MR) is 55.9 cm³/mol. The molecule has 0 spiro atoms. The molecule has 0 bridgehead atoms. The fraction of sp³-hybridized carbons (Fsp3) is 0.250. The molecule has 5 heteroatoms. The quantitative estimate of drug-likeness (QED) is 0.622. The first-order valence-electron chi connectivity index (χ1n) is 3.47. The smallest absolute Gasteiger partial charge is 0.339 e. The molecule has 1 heterocycles. The summed E-state index contributed by atoms with van der Waals surface area (Å²) in [6.07, 6.45) is 1.64. The van der Waals surface area contributed by atoms with Gasteiger partial charge in [-0.1, -0.05) is 15.9 Å². The van der Waals surface area contributed by atoms with Crippen molar-refractivity contribution in [3.8, 4) is 0 Å². The topological polar surface area (TPSA) is 39.2 Å². The summed E-state index contributed by atoms with van der Waals surface area (Å²) in [5, 5.41) is 0.532. The van der Waals surface area contributed by atoms with Gasteiger partial charge in [0, 0.05) is 16.0 Å². The summed E-state index contributed by atoms with van der Waals surface area (Å²) in [5.41, 5.74) is 1.16. The van der Waals surface area contributed by atoms with Gasteiger partial charge in [-0.2, -0.15) is 0 Å². The highest BCUT2D eigenvalue weighted by Gasteiger charge is 2.12. The van der Waals surface area contributed by atoms with Gasteiger partial charge in [0.15, 0.2) is 0 Å². The summed E-state index contributed by atoms with van der Waals surface area (Å²) in [6, 6.07) is 1.69. The molecule has 0 radical (unpaired) electrons. The van der Waals surface area contributed by atoms with Gasteiger partial charge in [-0.15, -0.1) is 0 Å². The van der Waals surface area contributed by atoms with Crippen LogP contribution in [-0.2, 0) is 10.1 Å². The molecule has 70 valence electrons. The molecule has 0 N–H and O–H groups in total. The van der Waals surface area contributed by atoms with Gasteiger partial charge in [0.05, 0.1) is 18.4 Å². The largest absolute Gasteiger partial charge is 0.465 e. The van der Waals surface area contributed by atoms with Gasteiger partial charge >= 0.3 is 5.97 Å². The van der Waals surface area contributed by atoms with E-state index in [9.17, 15) is 4.79 Å². The minimum absolute atomic E-state index is 0.372. The van der Waals surface area contributed by atoms with Crippen LogP contribution >= 0.6 is 31.9 Å². The van der Waals surface area contributed by atoms with Crippen LogP contribution in [0, 0.1) is 0 Å². The molecule has 0 amide bonds. The number of aromatic nitrogens is 1. The summed E-state index contributed by atoms with van der Waals surface area (Å²) in [5.74, 6) is -0.372. The monoisotopic (exact) mass is 307 g/mol. The van der Waals surface area contributed by atoms with Crippen LogP contribution in [0.1, 0.15) is 16.1 Å². The Kier molecular flexibility index (Phi) is 3.87. The number of hydrogen-bond acceptors (Lipinski definition) is 3. The van der Waals surface area contributed by atoms with Crippen LogP contribution in [-0.4, -0.2) is 18.1 Å². The highest BCUT2D eigenvalue weighted by Crippen LogP contribution is 2.16. The van der Waals surface area contributed by atoms with Gasteiger partial charge < -0.3 is 4.74 Å². The van der Waals surface area contributed by atoms with Gasteiger partial charge in [0.1, 0.15) is 0 Å². The molecule has 0 fully saturated rings. The normalized spacial score (nSPS) is 9.77. The van der Waals surface area contributed by atoms with Crippen LogP contribution in [0.25, 0.3) is 0 Å². The Morgan fingerprint density at radius 3 is 2.92 bits per heavy atom. The molecule has 1 aromatic rings. The summed E-state index contributed by atoms with van der Waals surface area (Å²) >= 11 is 6.48. The zero-order valence-corrected chi connectivity index (χ0v) is 10.1. The number of pyridine rings is 1. The van der Waals surface area contributed by atoms with Crippen LogP contribution in [0.15, 0.2) is 16.7 Å². The molecular weight excluding hydrogens is 302 g/mol. The number of nitrogens with zero attached hydrogens (tertiary/aromatic N) is 1. The number of halogens is 2. The predicted octanol–water partition coefficient (Wildman–Crippen LogP) is 2.53. The van der Waals surface area contributed by atoms with E-state index in [2.05, 4.69) is 41.6 Å². The Hall–Kier alpha value is -0.420. The van der Waals surface area contributed by atoms with Crippen LogP contribution in [0.5, 0.6) is 0 Å². The Morgan fingerprint density at radius 2 is 2.38 bits per heavy atom. The zero-order chi connectivity index (χ0) is 9.84. The Labute approximate surface area is 92.8 Å². The average molecular weight is 309 g/mol. The van der Waals surface area contributed by atoms with Crippen LogP contribution in [0.4, 0.5) is 0 Å². The Balaban J connectivity index is 3.15. The second kappa shape index (κ2) is 4.72. The fourth-order valence-corrected chi connectivity index (χ4v) is 1.64. The van der Waals surface area contributed by atoms with E-state index in [-0.39, 0.29) is 5.97 Å². The standard InChI is InChI=1S/C8H7Br2NO2/c1-13-8(12)6-2-5(10)4-11-7(6)3-9/h2,4H,3H2,1H3. The lowest BCUT2D eigenvalue weighted by Gasteiger charge is -2.03. The third-order valence-electron chi connectivity index (χ3n) is 1.47. The molecule has 0 saturated carbocycles. The number of esters is 1. The number of carbonyl (C=O) groups excluding carboxylic acids is 1. The van der Waals surface area contributed by atoms with E-state index in [1.54, 1.807) is 12.3 Å². The van der Waals surface area contributed by atoms with Crippen molar-refractivity contribution in [2.75, 3.05) is 7.11 Å². The highest BCUT2D eigenvalue weighted by atomic mass is 79.9. The van der Waals surface area contributed by atoms with Crippen LogP contribution < -0.4 is 0 Å². The van der Waals surface area contributed by atoms with Crippen LogP contribution in [0.2, 0.25) is 0 Å². The van der Waals surface area contributed by atoms with Crippen molar-refractivity contribution in [1.29, 1.82) is 0 Å². The highest BCUT2D eigenvalue weighted by molar-refractivity contribution is 9.10. The maximum atomic E-state index is 11.2. The lowest BCUT2D eigenvalue weighted by Crippen LogP contribution is -2.06. The van der Waals surface area contributed by atoms with Gasteiger partial charge in [0.25, 0.3) is 0 Å². The van der Waals surface area contributed by atoms with E-state index >= 15 is 0 Å². The summed E-state index contributed by atoms with van der Waals surface area (Å²) < 4.78 is 5.37. The SMILES string of the molecule is COC(=O)c1cc(Br)cnc1CBr. The molecule has 0 aliphatic carbocycles. The molecule has 0 saturated heterocycles. The van der Waals surface area contributed by atoms with E-state index in [1.807, 2.05) is 0 Å². The first-order chi connectivity index (χ1) is 6.19. The molecule has 0 aliphatic heterocycles. The third-order valence-corrected chi connectivity index (χ3v) is 2.43. The summed E-state index contributed by atoms with van der Waals surface area (Å²) in [7, 11) is 1.35. The molecule has 3 nitrogen and oxygen atoms in total. The number of methoxy groups -OCH3 is 1. The lowest BCUT2D eigenvalue weighted by molar-refractivity contribution is 0.0599. The Morgan fingerprint density at radius 1 is 1.69 bits per heavy atom. The first-order valence-corrected chi connectivity index (χ1v) is 5.39. The second-order valence-electron chi connectivity index (χ2n) is 2.27. The van der Waals surface area contributed by atoms with E-state index in [4.69, 9.17) is 0 Å². The molecule has 0 aliphatic rings. The molecule has 13 heavy (non-hydrogen) atoms. The Bertz CT molecular complexity index is 328. The van der Waals surface area contributed by atoms with Crippen molar-refractivity contribution in [1.82, 2.24) is 4.98 Å². The van der Waals surface area contributed by atoms with Gasteiger partial charge in [0.2, 0.25) is 0 Å². The molecule has 1 aromatic heterocycles. The molecule has 0 unspecified atom stereocenters. The fourth-order valence-electron chi connectivity index (χ4n) is 0.861. The van der Waals surface area contributed by atoms with E-state index in [1.165, 1.54) is 7.11 Å². The lowest BCUT2D eigenvalue weighted by atomic mass is 10.2. The van der Waals surface area contributed by atoms with Crippen molar-refractivity contribution in [2.24, 2.45) is 0 Å². The van der Waals surface area contributed by atoms with Crippen LogP contribution in [0.3, 0.4) is 0 Å². The van der Waals surface area contributed by atoms with Crippen molar-refractivity contribution in [3.05, 3.63) is 28.0 Å². The van der Waals surface area contributed by atoms with Crippen molar-refractivity contribution in [2.45, 2.75) is 5.33 Å². The molecule has 0 atom stereocenters. The number of ether oxygens (including phenoxy) is 1.